The molecule has 1 N–H and O–H groups in total. The van der Waals surface area contributed by atoms with Crippen LogP contribution >= 0.6 is 11.3 Å². The summed E-state index contributed by atoms with van der Waals surface area (Å²) in [5, 5.41) is 7.66. The van der Waals surface area contributed by atoms with Crippen molar-refractivity contribution < 1.29 is 21.9 Å². The van der Waals surface area contributed by atoms with E-state index in [9.17, 15) is 0 Å². The van der Waals surface area contributed by atoms with Gasteiger partial charge in [-0.15, -0.1) is 0 Å². The zero-order valence-corrected chi connectivity index (χ0v) is 11.3. The Balaban J connectivity index is 0.00000120. The molecule has 0 radical (unpaired) electrons. The molecule has 0 aliphatic carbocycles. The summed E-state index contributed by atoms with van der Waals surface area (Å²) in [5.41, 5.74) is 2.54. The van der Waals surface area contributed by atoms with E-state index < -0.39 is 0 Å². The van der Waals surface area contributed by atoms with Crippen LogP contribution in [0.5, 0.6) is 11.5 Å². The van der Waals surface area contributed by atoms with E-state index >= 15 is 0 Å². The van der Waals surface area contributed by atoms with E-state index in [-0.39, 0.29) is 12.4 Å². The highest BCUT2D eigenvalue weighted by atomic mass is 35.5. The molecular weight excluding hydrogens is 270 g/mol. The highest BCUT2D eigenvalue weighted by Gasteiger charge is 2.12. The first-order chi connectivity index (χ1) is 8.42. The van der Waals surface area contributed by atoms with Crippen molar-refractivity contribution >= 4 is 11.3 Å². The molecule has 2 aromatic rings. The third-order valence-corrected chi connectivity index (χ3v) is 3.41. The molecule has 0 amide bonds. The lowest BCUT2D eigenvalue weighted by molar-refractivity contribution is -0.00000493. The molecule has 1 aliphatic heterocycles. The second-order valence-corrected chi connectivity index (χ2v) is 4.70. The van der Waals surface area contributed by atoms with E-state index in [1.165, 1.54) is 11.1 Å². The Morgan fingerprint density at radius 3 is 2.72 bits per heavy atom. The van der Waals surface area contributed by atoms with Gasteiger partial charge in [-0.05, 0) is 40.1 Å². The standard InChI is InChI=1S/C13H13NO2S.ClH/c1-2-12-13(16-9-15-12)5-10(1)6-14-7-11-3-4-17-8-11;/h1-5,8,14H,6-7,9H2;1H/p-1. The minimum Gasteiger partial charge on any atom is -1.00 e. The highest BCUT2D eigenvalue weighted by molar-refractivity contribution is 7.07. The highest BCUT2D eigenvalue weighted by Crippen LogP contribution is 2.32. The second kappa shape index (κ2) is 6.09. The maximum absolute atomic E-state index is 5.34. The van der Waals surface area contributed by atoms with Crippen molar-refractivity contribution in [3.63, 3.8) is 0 Å². The number of hydrogen-bond acceptors (Lipinski definition) is 4. The normalized spacial score (nSPS) is 12.2. The Kier molecular flexibility index (Phi) is 4.47. The molecule has 2 heterocycles. The molecule has 3 rings (SSSR count). The summed E-state index contributed by atoms with van der Waals surface area (Å²) >= 11 is 1.73. The van der Waals surface area contributed by atoms with Crippen LogP contribution in [0.3, 0.4) is 0 Å². The zero-order chi connectivity index (χ0) is 11.5. The summed E-state index contributed by atoms with van der Waals surface area (Å²) < 4.78 is 10.6. The van der Waals surface area contributed by atoms with Crippen LogP contribution in [0.2, 0.25) is 0 Å². The number of ether oxygens (including phenoxy) is 2. The first kappa shape index (κ1) is 13.2. The zero-order valence-electron chi connectivity index (χ0n) is 9.69. The van der Waals surface area contributed by atoms with Gasteiger partial charge >= 0.3 is 0 Å². The maximum atomic E-state index is 5.34. The number of nitrogens with one attached hydrogen (secondary N) is 1. The topological polar surface area (TPSA) is 30.5 Å². The molecule has 0 bridgehead atoms. The van der Waals surface area contributed by atoms with Crippen LogP contribution in [-0.4, -0.2) is 6.79 Å². The molecule has 0 saturated carbocycles. The molecule has 0 unspecified atom stereocenters. The van der Waals surface area contributed by atoms with Gasteiger partial charge in [-0.3, -0.25) is 0 Å². The van der Waals surface area contributed by atoms with Gasteiger partial charge in [0.05, 0.1) is 0 Å². The first-order valence-electron chi connectivity index (χ1n) is 5.52. The second-order valence-electron chi connectivity index (χ2n) is 3.92. The van der Waals surface area contributed by atoms with E-state index in [1.54, 1.807) is 11.3 Å². The monoisotopic (exact) mass is 282 g/mol. The fraction of sp³-hybridized carbons (Fsp3) is 0.231. The van der Waals surface area contributed by atoms with Crippen LogP contribution in [-0.2, 0) is 13.1 Å². The lowest BCUT2D eigenvalue weighted by Crippen LogP contribution is -3.00. The van der Waals surface area contributed by atoms with Crippen LogP contribution in [0.4, 0.5) is 0 Å². The number of rotatable bonds is 4. The van der Waals surface area contributed by atoms with Crippen molar-refractivity contribution in [2.75, 3.05) is 6.79 Å². The Labute approximate surface area is 116 Å². The summed E-state index contributed by atoms with van der Waals surface area (Å²) in [6.45, 7) is 2.07. The number of halogens is 1. The van der Waals surface area contributed by atoms with Crippen LogP contribution < -0.4 is 27.2 Å². The first-order valence-corrected chi connectivity index (χ1v) is 6.46. The Morgan fingerprint density at radius 2 is 1.89 bits per heavy atom. The number of hydrogen-bond donors (Lipinski definition) is 1. The summed E-state index contributed by atoms with van der Waals surface area (Å²) in [6.07, 6.45) is 0. The van der Waals surface area contributed by atoms with E-state index in [1.807, 2.05) is 12.1 Å². The van der Waals surface area contributed by atoms with E-state index in [2.05, 4.69) is 28.2 Å². The van der Waals surface area contributed by atoms with Crippen molar-refractivity contribution in [3.8, 4) is 11.5 Å². The van der Waals surface area contributed by atoms with Crippen LogP contribution in [0.15, 0.2) is 35.0 Å². The van der Waals surface area contributed by atoms with Crippen molar-refractivity contribution in [2.24, 2.45) is 0 Å². The molecule has 5 heteroatoms. The molecule has 1 aromatic carbocycles. The van der Waals surface area contributed by atoms with Gasteiger partial charge in [0.1, 0.15) is 0 Å². The maximum Gasteiger partial charge on any atom is 0.231 e. The summed E-state index contributed by atoms with van der Waals surface area (Å²) in [7, 11) is 0. The van der Waals surface area contributed by atoms with Gasteiger partial charge in [0, 0.05) is 13.1 Å². The minimum atomic E-state index is 0. The average Bonchev–Trinajstić information content (AvgIpc) is 2.98. The molecular formula is C13H13ClNO2S-. The van der Waals surface area contributed by atoms with Gasteiger partial charge < -0.3 is 27.2 Å². The third-order valence-electron chi connectivity index (χ3n) is 2.68. The van der Waals surface area contributed by atoms with Gasteiger partial charge in [-0.25, -0.2) is 0 Å². The van der Waals surface area contributed by atoms with Gasteiger partial charge in [0.15, 0.2) is 11.5 Å². The van der Waals surface area contributed by atoms with E-state index in [0.717, 1.165) is 24.6 Å². The SMILES string of the molecule is [Cl-].c1cc(CNCc2ccc3c(c2)OCO3)cs1. The molecule has 1 aliphatic rings. The van der Waals surface area contributed by atoms with Crippen molar-refractivity contribution in [2.45, 2.75) is 13.1 Å². The summed E-state index contributed by atoms with van der Waals surface area (Å²) in [5.74, 6) is 1.69. The van der Waals surface area contributed by atoms with Gasteiger partial charge in [-0.2, -0.15) is 11.3 Å². The van der Waals surface area contributed by atoms with Crippen LogP contribution in [0.25, 0.3) is 0 Å². The number of fused-ring (bicyclic) bond motifs is 1. The van der Waals surface area contributed by atoms with Crippen LogP contribution in [0.1, 0.15) is 11.1 Å². The molecule has 1 aromatic heterocycles. The molecule has 0 saturated heterocycles. The third kappa shape index (κ3) is 2.96. The minimum absolute atomic E-state index is 0. The lowest BCUT2D eigenvalue weighted by Gasteiger charge is -2.04. The van der Waals surface area contributed by atoms with E-state index in [0.29, 0.717) is 6.79 Å². The molecule has 96 valence electrons. The fourth-order valence-corrected chi connectivity index (χ4v) is 2.46. The van der Waals surface area contributed by atoms with Gasteiger partial charge in [-0.1, -0.05) is 6.07 Å². The summed E-state index contributed by atoms with van der Waals surface area (Å²) in [6, 6.07) is 8.19. The fourth-order valence-electron chi connectivity index (χ4n) is 1.80. The summed E-state index contributed by atoms with van der Waals surface area (Å²) in [4.78, 5) is 0. The van der Waals surface area contributed by atoms with Crippen molar-refractivity contribution in [1.82, 2.24) is 5.32 Å². The average molecular weight is 283 g/mol. The van der Waals surface area contributed by atoms with Gasteiger partial charge in [0.25, 0.3) is 0 Å². The largest absolute Gasteiger partial charge is 1.00 e. The smallest absolute Gasteiger partial charge is 0.231 e. The molecule has 0 atom stereocenters. The van der Waals surface area contributed by atoms with Crippen molar-refractivity contribution in [1.29, 1.82) is 0 Å². The van der Waals surface area contributed by atoms with Crippen molar-refractivity contribution in [3.05, 3.63) is 46.2 Å². The molecule has 0 fully saturated rings. The molecule has 0 spiro atoms. The number of thiophene rings is 1. The lowest BCUT2D eigenvalue weighted by atomic mass is 10.2. The molecule has 18 heavy (non-hydrogen) atoms. The number of benzene rings is 1. The quantitative estimate of drug-likeness (QED) is 0.840. The Morgan fingerprint density at radius 1 is 1.06 bits per heavy atom. The Bertz CT molecular complexity index is 502. The predicted molar refractivity (Wildman–Crippen MR) is 67.4 cm³/mol. The van der Waals surface area contributed by atoms with Gasteiger partial charge in [0.2, 0.25) is 6.79 Å². The molecule has 3 nitrogen and oxygen atoms in total. The predicted octanol–water partition coefficient (Wildman–Crippen LogP) is -0.229. The Hall–Kier alpha value is -1.23. The van der Waals surface area contributed by atoms with E-state index in [4.69, 9.17) is 9.47 Å². The van der Waals surface area contributed by atoms with Crippen LogP contribution in [0, 0.1) is 0 Å².